The van der Waals surface area contributed by atoms with Crippen LogP contribution in [0.1, 0.15) is 46.0 Å². The Kier molecular flexibility index (Phi) is 17.3. The SMILES string of the molecule is Cc1cn([C@H]2CC(OC(=O)OCc3cccc(COCCOCCOCCOCCN)c3[N+](=O)[O-])[C@@H](COC(c3ccccc3)(c3ccccc3)c3ccccc3)O2)c(=O)[nH]c1=O. The Bertz CT molecular complexity index is 2230. The molecule has 0 bridgehead atoms. The van der Waals surface area contributed by atoms with Gasteiger partial charge in [0.25, 0.3) is 11.2 Å². The number of nitrogens with two attached hydrogens (primary N) is 1. The maximum absolute atomic E-state index is 13.5. The molecule has 17 heteroatoms. The summed E-state index contributed by atoms with van der Waals surface area (Å²) >= 11 is 0. The summed E-state index contributed by atoms with van der Waals surface area (Å²) in [5.41, 5.74) is 5.86. The van der Waals surface area contributed by atoms with Crippen molar-refractivity contribution in [2.45, 2.75) is 50.6 Å². The van der Waals surface area contributed by atoms with Gasteiger partial charge in [-0.3, -0.25) is 24.5 Å². The number of nitro benzene ring substituents is 1. The zero-order valence-corrected chi connectivity index (χ0v) is 35.0. The number of rotatable bonds is 24. The number of ether oxygens (including phenoxy) is 8. The Labute approximate surface area is 363 Å². The fraction of sp³-hybridized carbons (Fsp3) is 0.370. The molecule has 1 aliphatic heterocycles. The number of benzene rings is 4. The Morgan fingerprint density at radius 2 is 1.30 bits per heavy atom. The van der Waals surface area contributed by atoms with Crippen LogP contribution in [0.15, 0.2) is 125 Å². The molecule has 334 valence electrons. The number of aryl methyl sites for hydroxylation is 1. The molecule has 63 heavy (non-hydrogen) atoms. The number of H-pyrrole nitrogens is 1. The minimum Gasteiger partial charge on any atom is -0.429 e. The van der Waals surface area contributed by atoms with Crippen LogP contribution in [-0.4, -0.2) is 92.2 Å². The average Bonchev–Trinajstić information content (AvgIpc) is 3.70. The number of nitro groups is 1. The second kappa shape index (κ2) is 23.4. The second-order valence-corrected chi connectivity index (χ2v) is 14.5. The highest BCUT2D eigenvalue weighted by Crippen LogP contribution is 2.42. The lowest BCUT2D eigenvalue weighted by Gasteiger charge is -2.37. The van der Waals surface area contributed by atoms with Crippen molar-refractivity contribution in [1.82, 2.24) is 9.55 Å². The number of hydrogen-bond donors (Lipinski definition) is 2. The smallest absolute Gasteiger partial charge is 0.429 e. The van der Waals surface area contributed by atoms with Gasteiger partial charge in [-0.25, -0.2) is 9.59 Å². The molecule has 1 aliphatic rings. The number of aromatic amines is 1. The van der Waals surface area contributed by atoms with E-state index in [1.165, 1.54) is 16.8 Å². The lowest BCUT2D eigenvalue weighted by molar-refractivity contribution is -0.386. The summed E-state index contributed by atoms with van der Waals surface area (Å²) in [6.45, 7) is 3.76. The molecule has 0 aliphatic carbocycles. The first-order chi connectivity index (χ1) is 30.7. The van der Waals surface area contributed by atoms with E-state index in [2.05, 4.69) is 4.98 Å². The monoisotopic (exact) mass is 868 g/mol. The van der Waals surface area contributed by atoms with E-state index in [0.29, 0.717) is 39.6 Å². The van der Waals surface area contributed by atoms with Crippen LogP contribution in [0, 0.1) is 17.0 Å². The number of para-hydroxylation sites is 1. The third kappa shape index (κ3) is 12.3. The molecule has 2 heterocycles. The van der Waals surface area contributed by atoms with Gasteiger partial charge in [0.05, 0.1) is 75.5 Å². The highest BCUT2D eigenvalue weighted by atomic mass is 16.7. The third-order valence-electron chi connectivity index (χ3n) is 10.3. The molecule has 17 nitrogen and oxygen atoms in total. The number of aromatic nitrogens is 2. The summed E-state index contributed by atoms with van der Waals surface area (Å²) in [7, 11) is 0. The van der Waals surface area contributed by atoms with Crippen molar-refractivity contribution in [3.05, 3.63) is 180 Å². The van der Waals surface area contributed by atoms with E-state index in [-0.39, 0.29) is 55.2 Å². The van der Waals surface area contributed by atoms with E-state index in [1.807, 2.05) is 91.0 Å². The van der Waals surface area contributed by atoms with Gasteiger partial charge in [-0.15, -0.1) is 0 Å². The van der Waals surface area contributed by atoms with Crippen LogP contribution in [0.2, 0.25) is 0 Å². The standard InChI is InChI=1S/C46H52N4O13/c1-33-29-49(44(52)48-43(33)51)41-28-39(40(62-41)32-61-46(36-14-5-2-6-15-36,37-16-7-3-8-17-37)38-18-9-4-10-19-38)63-45(53)60-31-35-13-11-12-34(42(35)50(54)55)30-59-27-26-58-25-24-57-23-22-56-21-20-47/h2-19,29,39-41H,20-28,30-32,47H2,1H3,(H,48,51,52)/t39?,40-,41-/m1/s1. The zero-order valence-electron chi connectivity index (χ0n) is 35.0. The largest absolute Gasteiger partial charge is 0.508 e. The summed E-state index contributed by atoms with van der Waals surface area (Å²) in [5, 5.41) is 12.3. The lowest BCUT2D eigenvalue weighted by Crippen LogP contribution is -2.39. The minimum absolute atomic E-state index is 0.0164. The van der Waals surface area contributed by atoms with Crippen molar-refractivity contribution in [1.29, 1.82) is 0 Å². The first-order valence-electron chi connectivity index (χ1n) is 20.6. The maximum Gasteiger partial charge on any atom is 0.508 e. The Morgan fingerprint density at radius 3 is 1.84 bits per heavy atom. The summed E-state index contributed by atoms with van der Waals surface area (Å²) in [6.07, 6.45) is -2.71. The first kappa shape index (κ1) is 46.5. The van der Waals surface area contributed by atoms with Gasteiger partial charge < -0.3 is 43.6 Å². The molecule has 1 unspecified atom stereocenters. The highest BCUT2D eigenvalue weighted by molar-refractivity contribution is 5.61. The van der Waals surface area contributed by atoms with Crippen LogP contribution >= 0.6 is 0 Å². The predicted octanol–water partition coefficient (Wildman–Crippen LogP) is 5.30. The van der Waals surface area contributed by atoms with Crippen molar-refractivity contribution in [2.75, 3.05) is 59.4 Å². The molecule has 1 saturated heterocycles. The van der Waals surface area contributed by atoms with Crippen molar-refractivity contribution < 1.29 is 47.6 Å². The van der Waals surface area contributed by atoms with Gasteiger partial charge in [-0.2, -0.15) is 0 Å². The van der Waals surface area contributed by atoms with Gasteiger partial charge in [0.1, 0.15) is 30.6 Å². The Morgan fingerprint density at radius 1 is 0.778 bits per heavy atom. The molecule has 5 aromatic rings. The van der Waals surface area contributed by atoms with Gasteiger partial charge in [-0.05, 0) is 35.7 Å². The molecule has 3 N–H and O–H groups in total. The van der Waals surface area contributed by atoms with Crippen LogP contribution in [-0.2, 0) is 56.7 Å². The molecule has 1 aromatic heterocycles. The summed E-state index contributed by atoms with van der Waals surface area (Å²) in [4.78, 5) is 52.8. The molecule has 6 rings (SSSR count). The lowest BCUT2D eigenvalue weighted by atomic mass is 9.80. The van der Waals surface area contributed by atoms with E-state index < -0.39 is 53.0 Å². The molecule has 0 radical (unpaired) electrons. The van der Waals surface area contributed by atoms with Crippen LogP contribution in [0.4, 0.5) is 10.5 Å². The van der Waals surface area contributed by atoms with Gasteiger partial charge in [-0.1, -0.05) is 97.1 Å². The van der Waals surface area contributed by atoms with E-state index in [1.54, 1.807) is 19.1 Å². The number of nitrogens with zero attached hydrogens (tertiary/aromatic N) is 2. The molecular formula is C46H52N4O13. The van der Waals surface area contributed by atoms with Gasteiger partial charge in [0.15, 0.2) is 0 Å². The fourth-order valence-corrected chi connectivity index (χ4v) is 7.25. The summed E-state index contributed by atoms with van der Waals surface area (Å²) in [5.74, 6) is 0. The van der Waals surface area contributed by atoms with Crippen LogP contribution in [0.5, 0.6) is 0 Å². The second-order valence-electron chi connectivity index (χ2n) is 14.5. The van der Waals surface area contributed by atoms with Crippen molar-refractivity contribution in [3.63, 3.8) is 0 Å². The van der Waals surface area contributed by atoms with E-state index in [0.717, 1.165) is 16.7 Å². The quantitative estimate of drug-likeness (QED) is 0.0265. The highest BCUT2D eigenvalue weighted by Gasteiger charge is 2.44. The van der Waals surface area contributed by atoms with E-state index in [4.69, 9.17) is 43.6 Å². The van der Waals surface area contributed by atoms with Crippen LogP contribution in [0.3, 0.4) is 0 Å². The summed E-state index contributed by atoms with van der Waals surface area (Å²) in [6, 6.07) is 33.6. The molecule has 3 atom stereocenters. The third-order valence-corrected chi connectivity index (χ3v) is 10.3. The first-order valence-corrected chi connectivity index (χ1v) is 20.6. The number of hydrogen-bond acceptors (Lipinski definition) is 14. The predicted molar refractivity (Wildman–Crippen MR) is 229 cm³/mol. The summed E-state index contributed by atoms with van der Waals surface area (Å²) < 4.78 is 47.8. The van der Waals surface area contributed by atoms with E-state index in [9.17, 15) is 24.5 Å². The fourth-order valence-electron chi connectivity index (χ4n) is 7.25. The van der Waals surface area contributed by atoms with Gasteiger partial charge in [0.2, 0.25) is 0 Å². The molecule has 4 aromatic carbocycles. The van der Waals surface area contributed by atoms with Gasteiger partial charge >= 0.3 is 11.8 Å². The van der Waals surface area contributed by atoms with Gasteiger partial charge in [0, 0.05) is 24.7 Å². The van der Waals surface area contributed by atoms with Crippen LogP contribution < -0.4 is 17.0 Å². The average molecular weight is 869 g/mol. The van der Waals surface area contributed by atoms with Crippen molar-refractivity contribution >= 4 is 11.8 Å². The minimum atomic E-state index is -1.15. The van der Waals surface area contributed by atoms with Crippen molar-refractivity contribution in [3.8, 4) is 0 Å². The number of carbonyl (C=O) groups excluding carboxylic acids is 1. The maximum atomic E-state index is 13.5. The van der Waals surface area contributed by atoms with Crippen molar-refractivity contribution in [2.24, 2.45) is 5.73 Å². The molecular weight excluding hydrogens is 817 g/mol. The van der Waals surface area contributed by atoms with Crippen LogP contribution in [0.25, 0.3) is 0 Å². The Balaban J connectivity index is 1.15. The topological polar surface area (TPSA) is 215 Å². The Hall–Kier alpha value is -6.05. The molecule has 0 saturated carbocycles. The number of nitrogens with one attached hydrogen (secondary N) is 1. The normalized spacial score (nSPS) is 16.2. The molecule has 0 spiro atoms. The zero-order chi connectivity index (χ0) is 44.4. The van der Waals surface area contributed by atoms with E-state index >= 15 is 0 Å². The molecule has 0 amide bonds. The number of carbonyl (C=O) groups is 1. The molecule has 1 fully saturated rings.